The number of nitrogens with zero attached hydrogens (tertiary/aromatic N) is 2. The average Bonchev–Trinajstić information content (AvgIpc) is 3.30. The van der Waals surface area contributed by atoms with Gasteiger partial charge in [0.2, 0.25) is 11.8 Å². The molecular weight excluding hydrogens is 412 g/mol. The number of hydrogen-bond donors (Lipinski definition) is 2. The van der Waals surface area contributed by atoms with E-state index in [2.05, 4.69) is 27.4 Å². The minimum absolute atomic E-state index is 0.00117. The van der Waals surface area contributed by atoms with E-state index in [1.807, 2.05) is 37.4 Å². The molecule has 6 nitrogen and oxygen atoms in total. The van der Waals surface area contributed by atoms with E-state index < -0.39 is 5.41 Å². The smallest absolute Gasteiger partial charge is 0.238 e. The summed E-state index contributed by atoms with van der Waals surface area (Å²) in [5, 5.41) is 5.98. The minimum atomic E-state index is -0.578. The number of nitrogens with one attached hydrogen (secondary N) is 2. The fourth-order valence-corrected chi connectivity index (χ4v) is 5.21. The molecule has 1 unspecified atom stereocenters. The van der Waals surface area contributed by atoms with E-state index in [0.717, 1.165) is 35.3 Å². The van der Waals surface area contributed by atoms with Crippen LogP contribution >= 0.6 is 0 Å². The molecule has 4 rings (SSSR count). The Morgan fingerprint density at radius 3 is 2.67 bits per heavy atom. The fraction of sp³-hybridized carbons (Fsp3) is 0.519. The number of rotatable bonds is 11. The highest BCUT2D eigenvalue weighted by Gasteiger charge is 2.51. The van der Waals surface area contributed by atoms with Gasteiger partial charge in [-0.15, -0.1) is 0 Å². The lowest BCUT2D eigenvalue weighted by Gasteiger charge is -2.20. The first-order valence-corrected chi connectivity index (χ1v) is 12.4. The Morgan fingerprint density at radius 1 is 1.09 bits per heavy atom. The third-order valence-electron chi connectivity index (χ3n) is 7.02. The molecule has 0 fully saturated rings. The first kappa shape index (κ1) is 23.4. The monoisotopic (exact) mass is 448 g/mol. The van der Waals surface area contributed by atoms with Gasteiger partial charge in [0.05, 0.1) is 12.0 Å². The normalized spacial score (nSPS) is 18.5. The molecule has 1 aliphatic heterocycles. The molecular formula is C27H36N4O2. The van der Waals surface area contributed by atoms with E-state index in [1.165, 1.54) is 38.5 Å². The number of fused-ring (bicyclic) bond motifs is 3. The highest BCUT2D eigenvalue weighted by molar-refractivity contribution is 6.06. The highest BCUT2D eigenvalue weighted by atomic mass is 16.2. The van der Waals surface area contributed by atoms with Crippen molar-refractivity contribution in [3.05, 3.63) is 53.2 Å². The standard InChI is InChI=1S/C27H36N4O2/c1-3-4-5-6-7-8-9-15-31(2)19-24(32)29-22-13-12-20-17-27(18-21(20)16-22)23-11-10-14-28-25(23)30-26(27)33/h10-14,16H,3-9,15,17-19H2,1-2H3,(H,29,32)(H,28,30,33). The van der Waals surface area contributed by atoms with E-state index in [0.29, 0.717) is 25.2 Å². The molecule has 0 saturated heterocycles. The lowest BCUT2D eigenvalue weighted by molar-refractivity contribution is -0.120. The Morgan fingerprint density at radius 2 is 1.85 bits per heavy atom. The Balaban J connectivity index is 1.28. The molecule has 2 aliphatic rings. The molecule has 0 saturated carbocycles. The molecule has 1 atom stereocenters. The Labute approximate surface area is 197 Å². The largest absolute Gasteiger partial charge is 0.325 e. The summed E-state index contributed by atoms with van der Waals surface area (Å²) in [6.45, 7) is 3.57. The summed E-state index contributed by atoms with van der Waals surface area (Å²) in [6, 6.07) is 9.90. The van der Waals surface area contributed by atoms with Crippen LogP contribution in [0.25, 0.3) is 0 Å². The summed E-state index contributed by atoms with van der Waals surface area (Å²) < 4.78 is 0. The SMILES string of the molecule is CCCCCCCCCN(C)CC(=O)Nc1ccc2c(c1)CC1(C2)C(=O)Nc2ncccc21. The van der Waals surface area contributed by atoms with Crippen molar-refractivity contribution in [2.24, 2.45) is 0 Å². The molecule has 1 aliphatic carbocycles. The predicted octanol–water partition coefficient (Wildman–Crippen LogP) is 4.69. The summed E-state index contributed by atoms with van der Waals surface area (Å²) in [4.78, 5) is 31.8. The zero-order chi connectivity index (χ0) is 23.3. The molecule has 1 spiro atoms. The van der Waals surface area contributed by atoms with E-state index in [4.69, 9.17) is 0 Å². The summed E-state index contributed by atoms with van der Waals surface area (Å²) >= 11 is 0. The molecule has 2 N–H and O–H groups in total. The molecule has 33 heavy (non-hydrogen) atoms. The number of anilines is 2. The number of pyridine rings is 1. The van der Waals surface area contributed by atoms with Gasteiger partial charge < -0.3 is 10.6 Å². The van der Waals surface area contributed by atoms with E-state index in [9.17, 15) is 9.59 Å². The van der Waals surface area contributed by atoms with Gasteiger partial charge in [-0.3, -0.25) is 14.5 Å². The van der Waals surface area contributed by atoms with Crippen LogP contribution in [0.2, 0.25) is 0 Å². The van der Waals surface area contributed by atoms with Crippen LogP contribution < -0.4 is 10.6 Å². The number of unbranched alkanes of at least 4 members (excludes halogenated alkanes) is 6. The second kappa shape index (κ2) is 10.5. The van der Waals surface area contributed by atoms with Gasteiger partial charge in [0, 0.05) is 17.4 Å². The van der Waals surface area contributed by atoms with Crippen LogP contribution in [0.5, 0.6) is 0 Å². The van der Waals surface area contributed by atoms with Crippen LogP contribution in [0, 0.1) is 0 Å². The van der Waals surface area contributed by atoms with Crippen LogP contribution in [-0.4, -0.2) is 41.8 Å². The van der Waals surface area contributed by atoms with Gasteiger partial charge in [0.1, 0.15) is 5.82 Å². The lowest BCUT2D eigenvalue weighted by atomic mass is 9.79. The number of carbonyl (C=O) groups is 2. The zero-order valence-electron chi connectivity index (χ0n) is 20.0. The molecule has 1 aromatic carbocycles. The van der Waals surface area contributed by atoms with Crippen molar-refractivity contribution in [3.8, 4) is 0 Å². The molecule has 0 radical (unpaired) electrons. The third-order valence-corrected chi connectivity index (χ3v) is 7.02. The fourth-order valence-electron chi connectivity index (χ4n) is 5.21. The molecule has 176 valence electrons. The van der Waals surface area contributed by atoms with Crippen molar-refractivity contribution in [1.29, 1.82) is 0 Å². The molecule has 2 heterocycles. The maximum Gasteiger partial charge on any atom is 0.238 e. The summed E-state index contributed by atoms with van der Waals surface area (Å²) in [5.74, 6) is 0.694. The van der Waals surface area contributed by atoms with Crippen molar-refractivity contribution < 1.29 is 9.59 Å². The number of hydrogen-bond acceptors (Lipinski definition) is 4. The van der Waals surface area contributed by atoms with Gasteiger partial charge in [0.25, 0.3) is 0 Å². The summed E-state index contributed by atoms with van der Waals surface area (Å²) in [5.41, 5.74) is 3.48. The first-order chi connectivity index (χ1) is 16.0. The Hall–Kier alpha value is -2.73. The number of likely N-dealkylation sites (N-methyl/N-ethyl adjacent to an activating group) is 1. The summed E-state index contributed by atoms with van der Waals surface area (Å²) in [6.07, 6.45) is 11.9. The number of benzene rings is 1. The molecule has 2 amide bonds. The van der Waals surface area contributed by atoms with Gasteiger partial charge in [-0.25, -0.2) is 4.98 Å². The zero-order valence-corrected chi connectivity index (χ0v) is 20.0. The van der Waals surface area contributed by atoms with Crippen LogP contribution in [0.4, 0.5) is 11.5 Å². The third kappa shape index (κ3) is 5.27. The van der Waals surface area contributed by atoms with Gasteiger partial charge in [-0.2, -0.15) is 0 Å². The van der Waals surface area contributed by atoms with Gasteiger partial charge in [0.15, 0.2) is 0 Å². The number of amides is 2. The van der Waals surface area contributed by atoms with Crippen LogP contribution in [0.15, 0.2) is 36.5 Å². The van der Waals surface area contributed by atoms with Gasteiger partial charge in [-0.05, 0) is 62.2 Å². The van der Waals surface area contributed by atoms with Crippen molar-refractivity contribution >= 4 is 23.3 Å². The lowest BCUT2D eigenvalue weighted by Crippen LogP contribution is -2.35. The molecule has 0 bridgehead atoms. The molecule has 2 aromatic rings. The minimum Gasteiger partial charge on any atom is -0.325 e. The van der Waals surface area contributed by atoms with Crippen molar-refractivity contribution in [2.75, 3.05) is 30.8 Å². The number of carbonyl (C=O) groups excluding carboxylic acids is 2. The van der Waals surface area contributed by atoms with Crippen molar-refractivity contribution in [1.82, 2.24) is 9.88 Å². The Bertz CT molecular complexity index is 1010. The van der Waals surface area contributed by atoms with Gasteiger partial charge >= 0.3 is 0 Å². The average molecular weight is 449 g/mol. The molecule has 1 aromatic heterocycles. The van der Waals surface area contributed by atoms with Crippen LogP contribution in [0.1, 0.15) is 68.6 Å². The molecule has 6 heteroatoms. The van der Waals surface area contributed by atoms with Crippen molar-refractivity contribution in [2.45, 2.75) is 70.1 Å². The van der Waals surface area contributed by atoms with E-state index in [-0.39, 0.29) is 11.8 Å². The predicted molar refractivity (Wildman–Crippen MR) is 133 cm³/mol. The van der Waals surface area contributed by atoms with Gasteiger partial charge in [-0.1, -0.05) is 57.6 Å². The maximum absolute atomic E-state index is 12.9. The Kier molecular flexibility index (Phi) is 7.43. The van der Waals surface area contributed by atoms with E-state index >= 15 is 0 Å². The quantitative estimate of drug-likeness (QED) is 0.489. The van der Waals surface area contributed by atoms with Crippen LogP contribution in [0.3, 0.4) is 0 Å². The highest BCUT2D eigenvalue weighted by Crippen LogP contribution is 2.46. The number of aromatic nitrogens is 1. The van der Waals surface area contributed by atoms with Crippen molar-refractivity contribution in [3.63, 3.8) is 0 Å². The second-order valence-electron chi connectivity index (χ2n) is 9.68. The topological polar surface area (TPSA) is 74.3 Å². The van der Waals surface area contributed by atoms with Crippen LogP contribution in [-0.2, 0) is 27.8 Å². The maximum atomic E-state index is 12.9. The summed E-state index contributed by atoms with van der Waals surface area (Å²) in [7, 11) is 2.01. The second-order valence-corrected chi connectivity index (χ2v) is 9.68. The first-order valence-electron chi connectivity index (χ1n) is 12.4. The van der Waals surface area contributed by atoms with E-state index in [1.54, 1.807) is 6.20 Å².